The number of aryl methyl sites for hydroxylation is 1. The Labute approximate surface area is 656 Å². The van der Waals surface area contributed by atoms with Gasteiger partial charge in [0.25, 0.3) is 0 Å². The summed E-state index contributed by atoms with van der Waals surface area (Å²) in [5.74, 6) is 17.0. The largest absolute Gasteiger partial charge is 0.495 e. The van der Waals surface area contributed by atoms with Gasteiger partial charge in [-0.3, -0.25) is 24.5 Å². The molecule has 19 aliphatic rings. The van der Waals surface area contributed by atoms with Gasteiger partial charge in [0.1, 0.15) is 5.75 Å². The minimum absolute atomic E-state index is 0.821. The standard InChI is InChI=1S/C21H30N2O.2C20H28N2.C18H23ClN2.C17H24N2/c1-24-20-5-3-2-4-19(20)22-6-8-23(9-7-22)21-17-11-15-10-16(13-17)14-18(21)12-15;1-2-4-19(5-3-1)21-6-8-22(9-7-21)20-17-11-15-10-16(13-17)14-18(20)12-15;1-15-4-3-5-20(16(15)2)22-10-8-21(9-11-22)14-19-13-17-6-7-18(19)12-17;19-17-3-5-18(6-4-17)21-9-7-20(8-10-21)13-16-12-14-1-2-15(16)11-14;1-2-4-16(5-3-1)18-8-10-19(11-9-18)17-13-14-6-7-15(17)12-14/h2-5,15-18,21H,6-14H2,1H3;1-5,15-18,20H,6-14H2;3-7,17-19H,8-14H2,1-2H3;1-6,14-16H,7-13H2;1-5,14-15,17H,6-13H2. The number of piperazine rings is 5. The molecule has 14 bridgehead atoms. The molecule has 12 saturated carbocycles. The van der Waals surface area contributed by atoms with Crippen LogP contribution >= 0.6 is 11.6 Å². The van der Waals surface area contributed by atoms with E-state index in [0.29, 0.717) is 0 Å². The van der Waals surface area contributed by atoms with Gasteiger partial charge in [-0.25, -0.2) is 0 Å². The summed E-state index contributed by atoms with van der Waals surface area (Å²) in [7, 11) is 1.78. The summed E-state index contributed by atoms with van der Waals surface area (Å²) in [4.78, 5) is 26.6. The first kappa shape index (κ1) is 73.9. The predicted molar refractivity (Wildman–Crippen MR) is 451 cm³/mol. The molecule has 0 amide bonds. The summed E-state index contributed by atoms with van der Waals surface area (Å²) in [6.07, 6.45) is 37.1. The van der Waals surface area contributed by atoms with Gasteiger partial charge in [0, 0.05) is 190 Å². The zero-order chi connectivity index (χ0) is 72.6. The third-order valence-electron chi connectivity index (χ3n) is 31.6. The van der Waals surface area contributed by atoms with E-state index in [1.165, 1.54) is 234 Å². The average molecular weight is 1480 g/mol. The van der Waals surface area contributed by atoms with Crippen molar-refractivity contribution in [2.75, 3.05) is 176 Å². The van der Waals surface area contributed by atoms with Gasteiger partial charge in [-0.1, -0.05) is 103 Å². The Bertz CT molecular complexity index is 3700. The molecule has 0 aromatic heterocycles. The van der Waals surface area contributed by atoms with Crippen LogP contribution in [0.1, 0.15) is 127 Å². The number of anilines is 5. The van der Waals surface area contributed by atoms with Crippen LogP contribution in [0.15, 0.2) is 152 Å². The molecule has 5 aliphatic heterocycles. The third kappa shape index (κ3) is 16.6. The van der Waals surface area contributed by atoms with Crippen molar-refractivity contribution in [1.29, 1.82) is 0 Å². The molecule has 14 aliphatic carbocycles. The van der Waals surface area contributed by atoms with Crippen LogP contribution in [0.4, 0.5) is 28.4 Å². The van der Waals surface area contributed by atoms with Crippen LogP contribution in [0, 0.1) is 109 Å². The van der Waals surface area contributed by atoms with Gasteiger partial charge in [0.15, 0.2) is 0 Å². The first-order chi connectivity index (χ1) is 53.1. The van der Waals surface area contributed by atoms with Gasteiger partial charge in [0.2, 0.25) is 0 Å². The number of hydrogen-bond acceptors (Lipinski definition) is 11. The summed E-state index contributed by atoms with van der Waals surface area (Å²) < 4.78 is 5.56. The molecule has 9 unspecified atom stereocenters. The van der Waals surface area contributed by atoms with Crippen molar-refractivity contribution in [3.8, 4) is 5.75 Å². The lowest BCUT2D eigenvalue weighted by Gasteiger charge is -2.58. The average Bonchev–Trinajstić information content (AvgIpc) is 1.41. The topological polar surface area (TPSA) is 41.6 Å². The lowest BCUT2D eigenvalue weighted by atomic mass is 9.54. The fourth-order valence-electron chi connectivity index (χ4n) is 26.6. The highest BCUT2D eigenvalue weighted by molar-refractivity contribution is 6.30. The molecule has 580 valence electrons. The predicted octanol–water partition coefficient (Wildman–Crippen LogP) is 17.6. The van der Waals surface area contributed by atoms with Gasteiger partial charge < -0.3 is 29.2 Å². The van der Waals surface area contributed by atoms with Crippen molar-refractivity contribution in [1.82, 2.24) is 24.5 Å². The summed E-state index contributed by atoms with van der Waals surface area (Å²) in [6, 6.07) is 48.1. The molecule has 24 rings (SSSR count). The number of fused-ring (bicyclic) bond motifs is 6. The molecule has 5 aromatic rings. The van der Waals surface area contributed by atoms with E-state index in [0.717, 1.165) is 150 Å². The van der Waals surface area contributed by atoms with Crippen LogP contribution in [0.5, 0.6) is 5.75 Å². The summed E-state index contributed by atoms with van der Waals surface area (Å²) in [6.45, 7) is 31.3. The van der Waals surface area contributed by atoms with Crippen LogP contribution in [0.3, 0.4) is 0 Å². The third-order valence-corrected chi connectivity index (χ3v) is 31.9. The molecule has 0 N–H and O–H groups in total. The number of rotatable bonds is 13. The van der Waals surface area contributed by atoms with Crippen molar-refractivity contribution in [2.45, 2.75) is 148 Å². The van der Waals surface area contributed by atoms with Gasteiger partial charge in [-0.2, -0.15) is 0 Å². The van der Waals surface area contributed by atoms with E-state index in [1.54, 1.807) is 45.6 Å². The van der Waals surface area contributed by atoms with Crippen LogP contribution in [-0.4, -0.2) is 194 Å². The molecule has 108 heavy (non-hydrogen) atoms. The Morgan fingerprint density at radius 1 is 0.333 bits per heavy atom. The van der Waals surface area contributed by atoms with E-state index in [9.17, 15) is 0 Å². The Morgan fingerprint density at radius 3 is 1.18 bits per heavy atom. The Kier molecular flexibility index (Phi) is 23.0. The normalized spacial score (nSPS) is 35.7. The molecule has 5 aromatic carbocycles. The van der Waals surface area contributed by atoms with Crippen molar-refractivity contribution >= 4 is 40.0 Å². The number of nitrogens with zero attached hydrogens (tertiary/aromatic N) is 10. The molecule has 12 heteroatoms. The highest BCUT2D eigenvalue weighted by Gasteiger charge is 2.52. The molecule has 0 spiro atoms. The van der Waals surface area contributed by atoms with E-state index >= 15 is 0 Å². The van der Waals surface area contributed by atoms with Crippen molar-refractivity contribution in [3.05, 3.63) is 168 Å². The van der Waals surface area contributed by atoms with Gasteiger partial charge in [-0.15, -0.1) is 0 Å². The van der Waals surface area contributed by atoms with E-state index < -0.39 is 0 Å². The Balaban J connectivity index is 0.0000000954. The highest BCUT2D eigenvalue weighted by atomic mass is 35.5. The quantitative estimate of drug-likeness (QED) is 0.106. The summed E-state index contributed by atoms with van der Waals surface area (Å²) >= 11 is 5.97. The summed E-state index contributed by atoms with van der Waals surface area (Å²) in [5.41, 5.74) is 9.69. The lowest BCUT2D eigenvalue weighted by molar-refractivity contribution is -0.0665. The molecule has 17 fully saturated rings. The lowest BCUT2D eigenvalue weighted by Crippen LogP contribution is -2.60. The van der Waals surface area contributed by atoms with Crippen LogP contribution in [0.2, 0.25) is 5.02 Å². The number of benzene rings is 5. The van der Waals surface area contributed by atoms with Gasteiger partial charge >= 0.3 is 0 Å². The van der Waals surface area contributed by atoms with Crippen molar-refractivity contribution in [3.63, 3.8) is 0 Å². The Hall–Kier alpha value is -5.53. The molecular formula is C96H133ClN10O. The molecule has 11 nitrogen and oxygen atoms in total. The minimum atomic E-state index is 0.821. The molecule has 5 saturated heterocycles. The van der Waals surface area contributed by atoms with Crippen molar-refractivity contribution < 1.29 is 4.74 Å². The van der Waals surface area contributed by atoms with Crippen LogP contribution in [-0.2, 0) is 0 Å². The van der Waals surface area contributed by atoms with E-state index in [1.807, 2.05) is 12.1 Å². The zero-order valence-corrected chi connectivity index (χ0v) is 67.2. The minimum Gasteiger partial charge on any atom is -0.495 e. The SMILES string of the molecule is COc1ccccc1N1CCN(C2C3CC4CC(C3)CC2C4)CC1.Cc1cccc(N2CCN(CC3CC4C=CC3C4)CC2)c1C.Clc1ccc(N2CCN(CC3CC4C=CC3C4)CC2)cc1.c1ccc(N2CCN(C3C4CC5CC(C4)CC3C5)CC2)cc1.c1ccc(N2CCN(C3CC4CCC3C4)CC2)cc1. The highest BCUT2D eigenvalue weighted by Crippen LogP contribution is 2.57. The van der Waals surface area contributed by atoms with Crippen molar-refractivity contribution in [2.24, 2.45) is 94.7 Å². The maximum Gasteiger partial charge on any atom is 0.142 e. The second kappa shape index (κ2) is 33.6. The first-order valence-electron chi connectivity index (χ1n) is 44.4. The summed E-state index contributed by atoms with van der Waals surface area (Å²) in [5, 5.41) is 0.821. The second-order valence-electron chi connectivity index (χ2n) is 37.8. The smallest absolute Gasteiger partial charge is 0.142 e. The van der Waals surface area contributed by atoms with Gasteiger partial charge in [0.05, 0.1) is 12.8 Å². The van der Waals surface area contributed by atoms with Gasteiger partial charge in [-0.05, 0) is 296 Å². The monoisotopic (exact) mass is 1480 g/mol. The number of ether oxygens (including phenoxy) is 1. The number of halogens is 1. The molecule has 9 atom stereocenters. The number of para-hydroxylation sites is 4. The van der Waals surface area contributed by atoms with E-state index in [4.69, 9.17) is 16.3 Å². The maximum atomic E-state index is 5.97. The van der Waals surface area contributed by atoms with E-state index in [2.05, 4.69) is 202 Å². The number of methoxy groups -OCH3 is 1. The zero-order valence-electron chi connectivity index (χ0n) is 66.4. The van der Waals surface area contributed by atoms with E-state index in [-0.39, 0.29) is 0 Å². The first-order valence-corrected chi connectivity index (χ1v) is 44.8. The van der Waals surface area contributed by atoms with Crippen LogP contribution < -0.4 is 29.2 Å². The fourth-order valence-corrected chi connectivity index (χ4v) is 26.8. The maximum absolute atomic E-state index is 5.97. The second-order valence-corrected chi connectivity index (χ2v) is 38.3. The molecule has 0 radical (unpaired) electrons. The number of allylic oxidation sites excluding steroid dienone is 4. The fraction of sp³-hybridized carbons (Fsp3) is 0.646. The molecular weight excluding hydrogens is 1340 g/mol. The Morgan fingerprint density at radius 2 is 0.741 bits per heavy atom. The van der Waals surface area contributed by atoms with Crippen LogP contribution in [0.25, 0.3) is 0 Å². The number of hydrogen-bond donors (Lipinski definition) is 0. The molecule has 5 heterocycles.